The van der Waals surface area contributed by atoms with Crippen molar-refractivity contribution in [2.75, 3.05) is 10.6 Å². The topological polar surface area (TPSA) is 87.3 Å². The molecule has 162 valence electrons. The number of nitrogens with one attached hydrogen (secondary N) is 3. The van der Waals surface area contributed by atoms with Gasteiger partial charge in [0.2, 0.25) is 0 Å². The van der Waals surface area contributed by atoms with Gasteiger partial charge < -0.3 is 10.6 Å². The molecule has 1 aliphatic heterocycles. The van der Waals surface area contributed by atoms with E-state index >= 15 is 0 Å². The Morgan fingerprint density at radius 3 is 2.25 bits per heavy atom. The fourth-order valence-corrected chi connectivity index (χ4v) is 3.36. The van der Waals surface area contributed by atoms with Crippen molar-refractivity contribution in [2.24, 2.45) is 0 Å². The monoisotopic (exact) mass is 459 g/mol. The van der Waals surface area contributed by atoms with Gasteiger partial charge in [-0.1, -0.05) is 23.7 Å². The third-order valence-electron chi connectivity index (χ3n) is 4.68. The molecule has 1 heterocycles. The number of carbonyl (C=O) groups excluding carboxylic acids is 3. The van der Waals surface area contributed by atoms with Crippen LogP contribution in [0.4, 0.5) is 30.2 Å². The molecule has 0 atom stereocenters. The van der Waals surface area contributed by atoms with E-state index in [0.717, 1.165) is 18.2 Å². The third kappa shape index (κ3) is 4.28. The zero-order chi connectivity index (χ0) is 23.0. The summed E-state index contributed by atoms with van der Waals surface area (Å²) in [5.41, 5.74) is 0.450. The van der Waals surface area contributed by atoms with Crippen molar-refractivity contribution in [1.82, 2.24) is 5.32 Å². The second-order valence-electron chi connectivity index (χ2n) is 6.90. The highest BCUT2D eigenvalue weighted by atomic mass is 35.5. The fourth-order valence-electron chi connectivity index (χ4n) is 3.15. The molecular weight excluding hydrogens is 447 g/mol. The van der Waals surface area contributed by atoms with Gasteiger partial charge in [-0.3, -0.25) is 19.7 Å². The molecule has 0 unspecified atom stereocenters. The number of hydrogen-bond donors (Lipinski definition) is 3. The Kier molecular flexibility index (Phi) is 5.35. The summed E-state index contributed by atoms with van der Waals surface area (Å²) in [6.45, 7) is 0. The lowest BCUT2D eigenvalue weighted by Gasteiger charge is -2.12. The summed E-state index contributed by atoms with van der Waals surface area (Å²) in [6.07, 6.45) is -4.56. The van der Waals surface area contributed by atoms with Gasteiger partial charge in [-0.25, -0.2) is 0 Å². The van der Waals surface area contributed by atoms with Crippen molar-refractivity contribution in [3.05, 3.63) is 87.9 Å². The van der Waals surface area contributed by atoms with Gasteiger partial charge in [0.1, 0.15) is 0 Å². The minimum absolute atomic E-state index is 0.143. The lowest BCUT2D eigenvalue weighted by atomic mass is 10.1. The summed E-state index contributed by atoms with van der Waals surface area (Å²) >= 11 is 6.21. The van der Waals surface area contributed by atoms with Crippen LogP contribution >= 0.6 is 11.6 Å². The van der Waals surface area contributed by atoms with Gasteiger partial charge in [-0.15, -0.1) is 0 Å². The van der Waals surface area contributed by atoms with Gasteiger partial charge in [0.05, 0.1) is 27.4 Å². The maximum atomic E-state index is 12.9. The minimum Gasteiger partial charge on any atom is -0.354 e. The van der Waals surface area contributed by atoms with Crippen LogP contribution in [0.15, 0.2) is 60.7 Å². The summed E-state index contributed by atoms with van der Waals surface area (Å²) in [4.78, 5) is 36.0. The number of alkyl halides is 3. The van der Waals surface area contributed by atoms with Crippen LogP contribution in [-0.2, 0) is 6.18 Å². The minimum atomic E-state index is -4.56. The van der Waals surface area contributed by atoms with E-state index in [4.69, 9.17) is 11.6 Å². The molecule has 10 heteroatoms. The zero-order valence-corrected chi connectivity index (χ0v) is 16.8. The molecule has 1 aliphatic rings. The highest BCUT2D eigenvalue weighted by Crippen LogP contribution is 2.32. The molecule has 6 nitrogen and oxygen atoms in total. The molecule has 3 aromatic rings. The summed E-state index contributed by atoms with van der Waals surface area (Å²) in [5, 5.41) is 7.92. The molecule has 0 saturated heterocycles. The normalized spacial score (nSPS) is 12.9. The van der Waals surface area contributed by atoms with Gasteiger partial charge >= 0.3 is 6.18 Å². The van der Waals surface area contributed by atoms with E-state index in [-0.39, 0.29) is 21.7 Å². The van der Waals surface area contributed by atoms with Crippen LogP contribution in [0.25, 0.3) is 0 Å². The first kappa shape index (κ1) is 21.4. The molecule has 3 N–H and O–H groups in total. The lowest BCUT2D eigenvalue weighted by molar-refractivity contribution is -0.137. The molecular formula is C22H13ClF3N3O3. The lowest BCUT2D eigenvalue weighted by Crippen LogP contribution is -2.19. The van der Waals surface area contributed by atoms with Crippen molar-refractivity contribution in [3.8, 4) is 0 Å². The predicted molar refractivity (Wildman–Crippen MR) is 112 cm³/mol. The second kappa shape index (κ2) is 8.01. The third-order valence-corrected chi connectivity index (χ3v) is 4.99. The average Bonchev–Trinajstić information content (AvgIpc) is 3.01. The van der Waals surface area contributed by atoms with Crippen molar-refractivity contribution < 1.29 is 27.6 Å². The number of imide groups is 1. The van der Waals surface area contributed by atoms with Crippen LogP contribution in [-0.4, -0.2) is 17.7 Å². The van der Waals surface area contributed by atoms with Crippen molar-refractivity contribution in [2.45, 2.75) is 6.18 Å². The average molecular weight is 460 g/mol. The summed E-state index contributed by atoms with van der Waals surface area (Å²) < 4.78 is 38.7. The van der Waals surface area contributed by atoms with E-state index in [1.54, 1.807) is 24.3 Å². The maximum Gasteiger partial charge on any atom is 0.416 e. The van der Waals surface area contributed by atoms with E-state index in [9.17, 15) is 27.6 Å². The van der Waals surface area contributed by atoms with Crippen LogP contribution in [0.3, 0.4) is 0 Å². The first-order valence-electron chi connectivity index (χ1n) is 9.17. The van der Waals surface area contributed by atoms with Crippen LogP contribution < -0.4 is 16.0 Å². The van der Waals surface area contributed by atoms with Crippen LogP contribution in [0, 0.1) is 0 Å². The Balaban J connectivity index is 1.54. The highest BCUT2D eigenvalue weighted by molar-refractivity contribution is 6.35. The summed E-state index contributed by atoms with van der Waals surface area (Å²) in [5.74, 6) is -1.77. The van der Waals surface area contributed by atoms with E-state index < -0.39 is 29.5 Å². The molecule has 0 fully saturated rings. The largest absolute Gasteiger partial charge is 0.416 e. The molecule has 3 aromatic carbocycles. The molecule has 0 aromatic heterocycles. The van der Waals surface area contributed by atoms with Gasteiger partial charge in [-0.05, 0) is 48.5 Å². The molecule has 0 radical (unpaired) electrons. The van der Waals surface area contributed by atoms with Crippen molar-refractivity contribution in [3.63, 3.8) is 0 Å². The molecule has 0 spiro atoms. The predicted octanol–water partition coefficient (Wildman–Crippen LogP) is 5.24. The Bertz CT molecular complexity index is 1270. The first-order valence-corrected chi connectivity index (χ1v) is 9.54. The number of rotatable bonds is 4. The molecule has 4 rings (SSSR count). The molecule has 0 bridgehead atoms. The van der Waals surface area contributed by atoms with E-state index in [2.05, 4.69) is 16.0 Å². The zero-order valence-electron chi connectivity index (χ0n) is 16.0. The van der Waals surface area contributed by atoms with Crippen LogP contribution in [0.1, 0.15) is 36.6 Å². The first-order chi connectivity index (χ1) is 15.1. The standard InChI is InChI=1S/C22H13ClF3N3O3/c23-17-9-15-16(21(32)29-20(15)31)10-18(17)27-13-5-2-6-14(8-13)28-19(30)11-3-1-4-12(7-11)22(24,25)26/h1-10,27H,(H,28,30)(H,29,31,32). The fraction of sp³-hybridized carbons (Fsp3) is 0.0455. The number of carbonyl (C=O) groups is 3. The Labute approximate surface area is 184 Å². The van der Waals surface area contributed by atoms with Crippen LogP contribution in [0.2, 0.25) is 5.02 Å². The summed E-state index contributed by atoms with van der Waals surface area (Å²) in [6, 6.07) is 13.3. The van der Waals surface area contributed by atoms with Crippen molar-refractivity contribution in [1.29, 1.82) is 0 Å². The number of benzene rings is 3. The number of hydrogen-bond acceptors (Lipinski definition) is 4. The van der Waals surface area contributed by atoms with Gasteiger partial charge in [0, 0.05) is 16.9 Å². The Hall–Kier alpha value is -3.85. The quantitative estimate of drug-likeness (QED) is 0.466. The molecule has 3 amide bonds. The molecule has 0 aliphatic carbocycles. The van der Waals surface area contributed by atoms with Crippen molar-refractivity contribution >= 4 is 46.4 Å². The maximum absolute atomic E-state index is 12.9. The Morgan fingerprint density at radius 2 is 1.53 bits per heavy atom. The smallest absolute Gasteiger partial charge is 0.354 e. The molecule has 0 saturated carbocycles. The van der Waals surface area contributed by atoms with Gasteiger partial charge in [0.15, 0.2) is 0 Å². The number of fused-ring (bicyclic) bond motifs is 1. The molecule has 32 heavy (non-hydrogen) atoms. The van der Waals surface area contributed by atoms with E-state index in [1.807, 2.05) is 0 Å². The van der Waals surface area contributed by atoms with Gasteiger partial charge in [-0.2, -0.15) is 13.2 Å². The number of halogens is 4. The SMILES string of the molecule is O=C(Nc1cccc(Nc2cc3c(cc2Cl)C(=O)NC3=O)c1)c1cccc(C(F)(F)F)c1. The van der Waals surface area contributed by atoms with Crippen LogP contribution in [0.5, 0.6) is 0 Å². The van der Waals surface area contributed by atoms with E-state index in [0.29, 0.717) is 17.1 Å². The number of amides is 3. The highest BCUT2D eigenvalue weighted by Gasteiger charge is 2.31. The number of anilines is 3. The van der Waals surface area contributed by atoms with E-state index in [1.165, 1.54) is 18.2 Å². The second-order valence-corrected chi connectivity index (χ2v) is 7.31. The Morgan fingerprint density at radius 1 is 0.875 bits per heavy atom. The summed E-state index contributed by atoms with van der Waals surface area (Å²) in [7, 11) is 0. The van der Waals surface area contributed by atoms with Gasteiger partial charge in [0.25, 0.3) is 17.7 Å².